The van der Waals surface area contributed by atoms with E-state index in [0.29, 0.717) is 5.56 Å². The number of hydrogen-bond acceptors (Lipinski definition) is 3. The Labute approximate surface area is 109 Å². The van der Waals surface area contributed by atoms with Crippen LogP contribution in [0.5, 0.6) is 0 Å². The smallest absolute Gasteiger partial charge is 0.276 e. The molecule has 0 saturated heterocycles. The molecule has 0 amide bonds. The maximum atomic E-state index is 11.8. The molecule has 0 radical (unpaired) electrons. The van der Waals surface area contributed by atoms with Crippen LogP contribution in [0.1, 0.15) is 5.56 Å². The third kappa shape index (κ3) is 6.01. The number of benzene rings is 1. The van der Waals surface area contributed by atoms with Crippen LogP contribution in [0.2, 0.25) is 0 Å². The predicted molar refractivity (Wildman–Crippen MR) is 62.0 cm³/mol. The molecule has 0 aliphatic heterocycles. The monoisotopic (exact) mass is 298 g/mol. The van der Waals surface area contributed by atoms with E-state index in [1.54, 1.807) is 30.3 Å². The summed E-state index contributed by atoms with van der Waals surface area (Å²) in [5.41, 5.74) is 0.700. The normalized spacial score (nSPS) is 12.9. The molecule has 0 fully saturated rings. The molecule has 19 heavy (non-hydrogen) atoms. The molecule has 0 bridgehead atoms. The molecule has 9 heteroatoms. The molecule has 0 atom stereocenters. The average Bonchev–Trinajstić information content (AvgIpc) is 2.28. The first kappa shape index (κ1) is 15.9. The van der Waals surface area contributed by atoms with E-state index in [1.807, 2.05) is 0 Å². The van der Waals surface area contributed by atoms with Gasteiger partial charge in [-0.25, -0.2) is 0 Å². The van der Waals surface area contributed by atoms with Gasteiger partial charge in [0, 0.05) is 13.6 Å². The number of halogens is 3. The Bertz CT molecular complexity index is 490. The highest BCUT2D eigenvalue weighted by Gasteiger charge is 2.29. The Hall–Kier alpha value is -1.16. The summed E-state index contributed by atoms with van der Waals surface area (Å²) in [7, 11) is -2.89. The zero-order valence-corrected chi connectivity index (χ0v) is 10.8. The number of nitrogens with one attached hydrogen (secondary N) is 1. The van der Waals surface area contributed by atoms with Gasteiger partial charge in [0.15, 0.2) is 6.61 Å². The van der Waals surface area contributed by atoms with Crippen LogP contribution in [-0.4, -0.2) is 32.6 Å². The molecule has 108 valence electrons. The Morgan fingerprint density at radius 1 is 1.26 bits per heavy atom. The van der Waals surface area contributed by atoms with Gasteiger partial charge in [0.1, 0.15) is 0 Å². The van der Waals surface area contributed by atoms with Crippen LogP contribution in [0.15, 0.2) is 30.3 Å². The first-order chi connectivity index (χ1) is 8.71. The Kier molecular flexibility index (Phi) is 5.29. The third-order valence-electron chi connectivity index (χ3n) is 2.06. The second-order valence-electron chi connectivity index (χ2n) is 3.73. The summed E-state index contributed by atoms with van der Waals surface area (Å²) in [6, 6.07) is 8.61. The Morgan fingerprint density at radius 3 is 2.37 bits per heavy atom. The van der Waals surface area contributed by atoms with Gasteiger partial charge in [-0.05, 0) is 5.56 Å². The Morgan fingerprint density at radius 2 is 1.84 bits per heavy atom. The summed E-state index contributed by atoms with van der Waals surface area (Å²) in [6.07, 6.45) is -4.60. The average molecular weight is 298 g/mol. The first-order valence-corrected chi connectivity index (χ1v) is 6.60. The van der Waals surface area contributed by atoms with Crippen molar-refractivity contribution in [2.75, 3.05) is 13.7 Å². The fraction of sp³-hybridized carbons (Fsp3) is 0.400. The first-order valence-electron chi connectivity index (χ1n) is 5.16. The van der Waals surface area contributed by atoms with Crippen LogP contribution in [0.25, 0.3) is 0 Å². The Balaban J connectivity index is 2.53. The molecule has 0 aromatic heterocycles. The number of alkyl halides is 3. The summed E-state index contributed by atoms with van der Waals surface area (Å²) < 4.78 is 59.3. The van der Waals surface area contributed by atoms with Gasteiger partial charge in [-0.3, -0.25) is 4.84 Å². The number of nitrogens with zero attached hydrogens (tertiary/aromatic N) is 1. The summed E-state index contributed by atoms with van der Waals surface area (Å²) in [6.45, 7) is -1.67. The zero-order chi connectivity index (χ0) is 14.5. The van der Waals surface area contributed by atoms with E-state index in [1.165, 1.54) is 11.9 Å². The minimum atomic E-state index is -4.60. The van der Waals surface area contributed by atoms with Gasteiger partial charge in [0.25, 0.3) is 0 Å². The molecule has 0 saturated carbocycles. The van der Waals surface area contributed by atoms with Gasteiger partial charge in [-0.15, -0.1) is 0 Å². The lowest BCUT2D eigenvalue weighted by Crippen LogP contribution is -2.39. The van der Waals surface area contributed by atoms with E-state index in [4.69, 9.17) is 0 Å². The van der Waals surface area contributed by atoms with Gasteiger partial charge < -0.3 is 0 Å². The highest BCUT2D eigenvalue weighted by Crippen LogP contribution is 2.14. The molecular formula is C10H13F3N2O3S. The zero-order valence-electron chi connectivity index (χ0n) is 10.0. The molecule has 1 N–H and O–H groups in total. The van der Waals surface area contributed by atoms with Crippen molar-refractivity contribution in [1.29, 1.82) is 0 Å². The van der Waals surface area contributed by atoms with Crippen LogP contribution in [-0.2, 0) is 21.6 Å². The van der Waals surface area contributed by atoms with Crippen LogP contribution < -0.4 is 4.89 Å². The van der Waals surface area contributed by atoms with Gasteiger partial charge in [-0.1, -0.05) is 35.2 Å². The third-order valence-corrected chi connectivity index (χ3v) is 3.34. The van der Waals surface area contributed by atoms with Gasteiger partial charge in [0.05, 0.1) is 0 Å². The van der Waals surface area contributed by atoms with E-state index in [0.717, 1.165) is 4.31 Å². The molecule has 1 aromatic rings. The fourth-order valence-electron chi connectivity index (χ4n) is 1.17. The topological polar surface area (TPSA) is 58.6 Å². The summed E-state index contributed by atoms with van der Waals surface area (Å²) in [5.74, 6) is 0. The molecule has 5 nitrogen and oxygen atoms in total. The largest absolute Gasteiger partial charge is 0.413 e. The molecule has 0 spiro atoms. The van der Waals surface area contributed by atoms with Gasteiger partial charge in [-0.2, -0.15) is 25.9 Å². The maximum Gasteiger partial charge on any atom is 0.413 e. The standard InChI is InChI=1S/C10H13F3N2O3S/c1-15(7-9-5-3-2-4-6-9)19(16,17)14-18-8-10(11,12)13/h2-6,14H,7-8H2,1H3. The SMILES string of the molecule is CN(Cc1ccccc1)S(=O)(=O)NOCC(F)(F)F. The molecular weight excluding hydrogens is 285 g/mol. The van der Waals surface area contributed by atoms with E-state index < -0.39 is 23.0 Å². The highest BCUT2D eigenvalue weighted by atomic mass is 32.2. The van der Waals surface area contributed by atoms with Crippen molar-refractivity contribution in [1.82, 2.24) is 9.19 Å². The predicted octanol–water partition coefficient (Wildman–Crippen LogP) is 1.45. The van der Waals surface area contributed by atoms with E-state index in [9.17, 15) is 21.6 Å². The van der Waals surface area contributed by atoms with Crippen molar-refractivity contribution in [2.24, 2.45) is 0 Å². The van der Waals surface area contributed by atoms with Crippen molar-refractivity contribution in [3.8, 4) is 0 Å². The summed E-state index contributed by atoms with van der Waals surface area (Å²) in [5, 5.41) is 0. The van der Waals surface area contributed by atoms with Gasteiger partial charge in [0.2, 0.25) is 0 Å². The molecule has 0 aliphatic rings. The summed E-state index contributed by atoms with van der Waals surface area (Å²) in [4.78, 5) is 5.33. The van der Waals surface area contributed by atoms with Crippen LogP contribution >= 0.6 is 0 Å². The molecule has 1 aromatic carbocycles. The van der Waals surface area contributed by atoms with Crippen LogP contribution in [0.3, 0.4) is 0 Å². The molecule has 0 unspecified atom stereocenters. The van der Waals surface area contributed by atoms with E-state index in [2.05, 4.69) is 4.84 Å². The lowest BCUT2D eigenvalue weighted by molar-refractivity contribution is -0.181. The van der Waals surface area contributed by atoms with Crippen molar-refractivity contribution < 1.29 is 26.4 Å². The second kappa shape index (κ2) is 6.33. The van der Waals surface area contributed by atoms with Gasteiger partial charge >= 0.3 is 16.4 Å². The number of hydrogen-bond donors (Lipinski definition) is 1. The van der Waals surface area contributed by atoms with E-state index >= 15 is 0 Å². The van der Waals surface area contributed by atoms with Crippen molar-refractivity contribution in [2.45, 2.75) is 12.7 Å². The highest BCUT2D eigenvalue weighted by molar-refractivity contribution is 7.86. The lowest BCUT2D eigenvalue weighted by Gasteiger charge is -2.17. The summed E-state index contributed by atoms with van der Waals surface area (Å²) >= 11 is 0. The van der Waals surface area contributed by atoms with Crippen LogP contribution in [0.4, 0.5) is 13.2 Å². The van der Waals surface area contributed by atoms with Crippen molar-refractivity contribution >= 4 is 10.2 Å². The van der Waals surface area contributed by atoms with Crippen LogP contribution in [0, 0.1) is 0 Å². The minimum Gasteiger partial charge on any atom is -0.276 e. The lowest BCUT2D eigenvalue weighted by atomic mass is 10.2. The maximum absolute atomic E-state index is 11.8. The number of rotatable bonds is 6. The second-order valence-corrected chi connectivity index (χ2v) is 5.47. The molecule has 1 rings (SSSR count). The van der Waals surface area contributed by atoms with Crippen molar-refractivity contribution in [3.05, 3.63) is 35.9 Å². The fourth-order valence-corrected chi connectivity index (χ4v) is 1.83. The van der Waals surface area contributed by atoms with Crippen molar-refractivity contribution in [3.63, 3.8) is 0 Å². The minimum absolute atomic E-state index is 0.0194. The molecule has 0 aliphatic carbocycles. The quantitative estimate of drug-likeness (QED) is 0.809. The van der Waals surface area contributed by atoms with E-state index in [-0.39, 0.29) is 6.54 Å². The molecule has 0 heterocycles.